The number of carbonyl (C=O) groups excluding carboxylic acids is 3. The molecule has 36 heavy (non-hydrogen) atoms. The fourth-order valence-corrected chi connectivity index (χ4v) is 6.03. The van der Waals surface area contributed by atoms with Crippen LogP contribution < -0.4 is 10.6 Å². The van der Waals surface area contributed by atoms with Crippen LogP contribution in [0.15, 0.2) is 28.0 Å². The fraction of sp³-hybridized carbons (Fsp3) is 0.458. The van der Waals surface area contributed by atoms with E-state index in [1.807, 2.05) is 4.57 Å². The maximum Gasteiger partial charge on any atom is 0.341 e. The van der Waals surface area contributed by atoms with Gasteiger partial charge in [0.25, 0.3) is 5.91 Å². The molecule has 0 saturated carbocycles. The van der Waals surface area contributed by atoms with Crippen LogP contribution in [-0.4, -0.2) is 44.9 Å². The minimum atomic E-state index is -0.389. The van der Waals surface area contributed by atoms with Gasteiger partial charge in [-0.1, -0.05) is 25.1 Å². The van der Waals surface area contributed by atoms with Crippen LogP contribution in [0.1, 0.15) is 70.3 Å². The number of thioether (sulfide) groups is 1. The number of nitrogens with one attached hydrogen (secondary N) is 2. The Balaban J connectivity index is 1.40. The number of thiophene rings is 1. The number of hydrogen-bond acceptors (Lipinski definition) is 9. The first-order valence-corrected chi connectivity index (χ1v) is 13.8. The number of hydrogen-bond donors (Lipinski definition) is 2. The van der Waals surface area contributed by atoms with E-state index in [0.29, 0.717) is 28.1 Å². The first-order chi connectivity index (χ1) is 17.5. The van der Waals surface area contributed by atoms with Gasteiger partial charge in [0, 0.05) is 11.4 Å². The van der Waals surface area contributed by atoms with Crippen molar-refractivity contribution in [2.24, 2.45) is 0 Å². The van der Waals surface area contributed by atoms with E-state index in [2.05, 4.69) is 27.8 Å². The highest BCUT2D eigenvalue weighted by molar-refractivity contribution is 7.99. The minimum Gasteiger partial charge on any atom is -0.462 e. The Morgan fingerprint density at radius 2 is 2.11 bits per heavy atom. The zero-order chi connectivity index (χ0) is 25.5. The highest BCUT2D eigenvalue weighted by Gasteiger charge is 2.28. The molecule has 2 N–H and O–H groups in total. The molecule has 0 aromatic carbocycles. The Labute approximate surface area is 217 Å². The second kappa shape index (κ2) is 12.2. The van der Waals surface area contributed by atoms with E-state index in [1.54, 1.807) is 19.1 Å². The number of furan rings is 1. The van der Waals surface area contributed by atoms with Crippen molar-refractivity contribution in [2.45, 2.75) is 64.2 Å². The molecule has 192 valence electrons. The molecule has 0 unspecified atom stereocenters. The zero-order valence-electron chi connectivity index (χ0n) is 20.3. The molecular weight excluding hydrogens is 502 g/mol. The predicted molar refractivity (Wildman–Crippen MR) is 136 cm³/mol. The molecule has 0 bridgehead atoms. The van der Waals surface area contributed by atoms with E-state index >= 15 is 0 Å². The summed E-state index contributed by atoms with van der Waals surface area (Å²) in [4.78, 5) is 38.7. The molecule has 1 aliphatic rings. The van der Waals surface area contributed by atoms with E-state index in [4.69, 9.17) is 9.15 Å². The summed E-state index contributed by atoms with van der Waals surface area (Å²) in [5.41, 5.74) is 1.50. The van der Waals surface area contributed by atoms with E-state index < -0.39 is 0 Å². The Bertz CT molecular complexity index is 1220. The highest BCUT2D eigenvalue weighted by Crippen LogP contribution is 2.39. The number of rotatable bonds is 12. The average Bonchev–Trinajstić information content (AvgIpc) is 3.65. The third kappa shape index (κ3) is 5.98. The molecule has 3 aromatic rings. The maximum atomic E-state index is 12.8. The number of amides is 2. The molecule has 0 atom stereocenters. The summed E-state index contributed by atoms with van der Waals surface area (Å²) in [6.07, 6.45) is 6.07. The molecule has 3 aromatic heterocycles. The van der Waals surface area contributed by atoms with Crippen molar-refractivity contribution < 1.29 is 23.5 Å². The summed E-state index contributed by atoms with van der Waals surface area (Å²) in [6, 6.07) is 3.24. The number of carbonyl (C=O) groups is 3. The van der Waals surface area contributed by atoms with Gasteiger partial charge in [0.2, 0.25) is 5.91 Å². The van der Waals surface area contributed by atoms with Crippen molar-refractivity contribution in [3.05, 3.63) is 46.0 Å². The molecule has 12 heteroatoms. The number of ether oxygens (including phenoxy) is 1. The normalized spacial score (nSPS) is 12.4. The largest absolute Gasteiger partial charge is 0.462 e. The molecule has 1 aliphatic carbocycles. The topological polar surface area (TPSA) is 128 Å². The lowest BCUT2D eigenvalue weighted by Gasteiger charge is -2.10. The third-order valence-corrected chi connectivity index (χ3v) is 7.84. The maximum absolute atomic E-state index is 12.8. The minimum absolute atomic E-state index is 0.105. The Hall–Kier alpha value is -3.12. The Morgan fingerprint density at radius 1 is 1.25 bits per heavy atom. The van der Waals surface area contributed by atoms with Crippen molar-refractivity contribution in [1.29, 1.82) is 0 Å². The first-order valence-electron chi connectivity index (χ1n) is 12.0. The van der Waals surface area contributed by atoms with Crippen LogP contribution >= 0.6 is 23.1 Å². The summed E-state index contributed by atoms with van der Waals surface area (Å²) < 4.78 is 12.3. The van der Waals surface area contributed by atoms with E-state index in [9.17, 15) is 14.4 Å². The summed E-state index contributed by atoms with van der Waals surface area (Å²) in [6.45, 7) is 4.99. The van der Waals surface area contributed by atoms with Gasteiger partial charge in [0.05, 0.1) is 30.7 Å². The van der Waals surface area contributed by atoms with E-state index in [1.165, 1.54) is 29.4 Å². The molecular formula is C24H29N5O5S2. The van der Waals surface area contributed by atoms with Gasteiger partial charge in [0.1, 0.15) is 5.00 Å². The molecule has 4 rings (SSSR count). The lowest BCUT2D eigenvalue weighted by Crippen LogP contribution is -2.24. The van der Waals surface area contributed by atoms with Gasteiger partial charge in [0.15, 0.2) is 16.7 Å². The smallest absolute Gasteiger partial charge is 0.341 e. The molecule has 3 heterocycles. The lowest BCUT2D eigenvalue weighted by molar-refractivity contribution is -0.113. The molecule has 10 nitrogen and oxygen atoms in total. The standard InChI is InChI=1S/C24H29N5O5S2/c1-3-5-11-29-18(13-25-21(31)16-9-7-12-34-16)27-28-24(29)35-14-19(30)26-22-20(23(32)33-4-2)15-8-6-10-17(15)36-22/h7,9,12H,3-6,8,10-11,13-14H2,1-2H3,(H,25,31)(H,26,30). The van der Waals surface area contributed by atoms with Gasteiger partial charge in [-0.2, -0.15) is 0 Å². The average molecular weight is 532 g/mol. The number of fused-ring (bicyclic) bond motifs is 1. The molecule has 2 amide bonds. The molecule has 0 aliphatic heterocycles. The van der Waals surface area contributed by atoms with Gasteiger partial charge in [-0.05, 0) is 50.3 Å². The fourth-order valence-electron chi connectivity index (χ4n) is 3.96. The van der Waals surface area contributed by atoms with Gasteiger partial charge in [-0.15, -0.1) is 21.5 Å². The van der Waals surface area contributed by atoms with Crippen LogP contribution in [0.4, 0.5) is 5.00 Å². The molecule has 0 saturated heterocycles. The monoisotopic (exact) mass is 531 g/mol. The summed E-state index contributed by atoms with van der Waals surface area (Å²) in [5, 5.41) is 15.3. The van der Waals surface area contributed by atoms with Crippen LogP contribution in [0.5, 0.6) is 0 Å². The number of aromatic nitrogens is 3. The number of aryl methyl sites for hydroxylation is 1. The Kier molecular flexibility index (Phi) is 8.81. The van der Waals surface area contributed by atoms with Gasteiger partial charge >= 0.3 is 5.97 Å². The van der Waals surface area contributed by atoms with Crippen molar-refractivity contribution in [2.75, 3.05) is 17.7 Å². The number of nitrogens with zero attached hydrogens (tertiary/aromatic N) is 3. The van der Waals surface area contributed by atoms with Gasteiger partial charge < -0.3 is 24.4 Å². The SMILES string of the molecule is CCCCn1c(CNC(=O)c2ccco2)nnc1SCC(=O)Nc1sc2c(c1C(=O)OCC)CCC2. The van der Waals surface area contributed by atoms with Crippen molar-refractivity contribution in [3.8, 4) is 0 Å². The van der Waals surface area contributed by atoms with Crippen LogP contribution in [0.3, 0.4) is 0 Å². The highest BCUT2D eigenvalue weighted by atomic mass is 32.2. The van der Waals surface area contributed by atoms with Crippen LogP contribution in [0, 0.1) is 0 Å². The second-order valence-corrected chi connectivity index (χ2v) is 10.2. The van der Waals surface area contributed by atoms with Crippen LogP contribution in [0.2, 0.25) is 0 Å². The van der Waals surface area contributed by atoms with Crippen LogP contribution in [0.25, 0.3) is 0 Å². The molecule has 0 fully saturated rings. The predicted octanol–water partition coefficient (Wildman–Crippen LogP) is 4.06. The zero-order valence-corrected chi connectivity index (χ0v) is 21.9. The van der Waals surface area contributed by atoms with Gasteiger partial charge in [-0.3, -0.25) is 9.59 Å². The van der Waals surface area contributed by atoms with E-state index in [-0.39, 0.29) is 42.4 Å². The number of esters is 1. The number of anilines is 1. The van der Waals surface area contributed by atoms with E-state index in [0.717, 1.165) is 42.5 Å². The Morgan fingerprint density at radius 3 is 2.86 bits per heavy atom. The lowest BCUT2D eigenvalue weighted by atomic mass is 10.1. The van der Waals surface area contributed by atoms with Crippen LogP contribution in [-0.2, 0) is 35.5 Å². The summed E-state index contributed by atoms with van der Waals surface area (Å²) in [7, 11) is 0. The van der Waals surface area contributed by atoms with Crippen molar-refractivity contribution >= 4 is 45.9 Å². The molecule has 0 spiro atoms. The number of unbranched alkanes of at least 4 members (excludes halogenated alkanes) is 1. The van der Waals surface area contributed by atoms with Crippen molar-refractivity contribution in [3.63, 3.8) is 0 Å². The molecule has 0 radical (unpaired) electrons. The summed E-state index contributed by atoms with van der Waals surface area (Å²) in [5.74, 6) is -0.0240. The first kappa shape index (κ1) is 26.0. The quantitative estimate of drug-likeness (QED) is 0.265. The second-order valence-electron chi connectivity index (χ2n) is 8.18. The van der Waals surface area contributed by atoms with Crippen molar-refractivity contribution in [1.82, 2.24) is 20.1 Å². The summed E-state index contributed by atoms with van der Waals surface area (Å²) >= 11 is 2.72. The third-order valence-electron chi connectivity index (χ3n) is 5.67. The van der Waals surface area contributed by atoms with Gasteiger partial charge in [-0.25, -0.2) is 4.79 Å².